The quantitative estimate of drug-likeness (QED) is 0.742. The lowest BCUT2D eigenvalue weighted by atomic mass is 10.1. The minimum Gasteiger partial charge on any atom is -0.454 e. The van der Waals surface area contributed by atoms with Crippen LogP contribution in [0.5, 0.6) is 0 Å². The van der Waals surface area contributed by atoms with Crippen molar-refractivity contribution in [2.45, 2.75) is 0 Å². The third kappa shape index (κ3) is 2.76. The molecule has 0 N–H and O–H groups in total. The van der Waals surface area contributed by atoms with Gasteiger partial charge in [0.25, 0.3) is 0 Å². The standard InChI is InChI=1S/C14H2N6O/c15-3-9(4-16)11(7-19)13-1-2-14(21-13)12(8-20)10(5-17)6-18/h1-2H. The van der Waals surface area contributed by atoms with Crippen LogP contribution < -0.4 is 0 Å². The van der Waals surface area contributed by atoms with Gasteiger partial charge in [-0.25, -0.2) is 0 Å². The van der Waals surface area contributed by atoms with Crippen molar-refractivity contribution in [1.82, 2.24) is 0 Å². The van der Waals surface area contributed by atoms with Crippen molar-refractivity contribution in [3.8, 4) is 36.4 Å². The van der Waals surface area contributed by atoms with Crippen LogP contribution in [-0.2, 0) is 0 Å². The van der Waals surface area contributed by atoms with E-state index in [2.05, 4.69) is 0 Å². The first kappa shape index (κ1) is 14.8. The van der Waals surface area contributed by atoms with Gasteiger partial charge in [0.1, 0.15) is 59.1 Å². The summed E-state index contributed by atoms with van der Waals surface area (Å²) in [6.07, 6.45) is 0. The largest absolute Gasteiger partial charge is 0.454 e. The zero-order chi connectivity index (χ0) is 15.8. The highest BCUT2D eigenvalue weighted by atomic mass is 16.3. The molecule has 0 fully saturated rings. The molecule has 0 unspecified atom stereocenters. The van der Waals surface area contributed by atoms with Gasteiger partial charge in [0.05, 0.1) is 0 Å². The SMILES string of the molecule is N#CC(C#N)=C(C#N)c1ccc(C(C#N)=C(C#N)C#N)o1. The number of hydrogen-bond donors (Lipinski definition) is 0. The van der Waals surface area contributed by atoms with Crippen LogP contribution >= 0.6 is 0 Å². The lowest BCUT2D eigenvalue weighted by Crippen LogP contribution is -1.85. The number of nitrogens with zero attached hydrogens (tertiary/aromatic N) is 6. The van der Waals surface area contributed by atoms with Crippen molar-refractivity contribution >= 4 is 11.1 Å². The molecule has 0 aromatic carbocycles. The second-order valence-electron chi connectivity index (χ2n) is 3.33. The maximum Gasteiger partial charge on any atom is 0.151 e. The smallest absolute Gasteiger partial charge is 0.151 e. The van der Waals surface area contributed by atoms with Gasteiger partial charge in [-0.2, -0.15) is 31.6 Å². The number of allylic oxidation sites excluding steroid dienone is 4. The van der Waals surface area contributed by atoms with Gasteiger partial charge in [-0.15, -0.1) is 0 Å². The van der Waals surface area contributed by atoms with Crippen LogP contribution in [0.4, 0.5) is 0 Å². The summed E-state index contributed by atoms with van der Waals surface area (Å²) in [7, 11) is 0. The summed E-state index contributed by atoms with van der Waals surface area (Å²) in [5.41, 5.74) is -1.47. The first-order valence-corrected chi connectivity index (χ1v) is 5.16. The van der Waals surface area contributed by atoms with E-state index < -0.39 is 11.1 Å². The van der Waals surface area contributed by atoms with E-state index in [0.717, 1.165) is 0 Å². The molecule has 7 nitrogen and oxygen atoms in total. The van der Waals surface area contributed by atoms with E-state index in [4.69, 9.17) is 36.0 Å². The van der Waals surface area contributed by atoms with Crippen LogP contribution in [0, 0.1) is 68.0 Å². The van der Waals surface area contributed by atoms with Crippen molar-refractivity contribution in [2.75, 3.05) is 0 Å². The molecule has 0 aliphatic heterocycles. The zero-order valence-electron chi connectivity index (χ0n) is 10.2. The molecule has 0 bridgehead atoms. The molecular formula is C14H2N6O. The fraction of sp³-hybridized carbons (Fsp3) is 0. The molecule has 0 aliphatic rings. The third-order valence-corrected chi connectivity index (χ3v) is 2.27. The Bertz CT molecular complexity index is 797. The fourth-order valence-electron chi connectivity index (χ4n) is 1.35. The molecule has 1 rings (SSSR count). The second-order valence-corrected chi connectivity index (χ2v) is 3.33. The Morgan fingerprint density at radius 3 is 1.19 bits per heavy atom. The van der Waals surface area contributed by atoms with Crippen molar-refractivity contribution in [2.24, 2.45) is 0 Å². The number of hydrogen-bond acceptors (Lipinski definition) is 7. The zero-order valence-corrected chi connectivity index (χ0v) is 10.2. The van der Waals surface area contributed by atoms with E-state index in [1.807, 2.05) is 0 Å². The van der Waals surface area contributed by atoms with Gasteiger partial charge >= 0.3 is 0 Å². The van der Waals surface area contributed by atoms with E-state index in [0.29, 0.717) is 0 Å². The molecule has 0 spiro atoms. The summed E-state index contributed by atoms with van der Waals surface area (Å²) in [5.74, 6) is -0.206. The first-order valence-electron chi connectivity index (χ1n) is 5.16. The highest BCUT2D eigenvalue weighted by Gasteiger charge is 2.17. The molecule has 0 saturated heterocycles. The Balaban J connectivity index is 3.54. The average molecular weight is 270 g/mol. The van der Waals surface area contributed by atoms with E-state index in [9.17, 15) is 0 Å². The Kier molecular flexibility index (Phi) is 4.63. The first-order chi connectivity index (χ1) is 10.2. The molecule has 0 amide bonds. The Hall–Kier alpha value is -4.30. The molecule has 7 heteroatoms. The maximum atomic E-state index is 8.97. The van der Waals surface area contributed by atoms with Crippen LogP contribution in [-0.4, -0.2) is 0 Å². The van der Waals surface area contributed by atoms with Crippen molar-refractivity contribution < 1.29 is 4.42 Å². The predicted molar refractivity (Wildman–Crippen MR) is 66.2 cm³/mol. The Labute approximate surface area is 119 Å². The number of nitriles is 6. The van der Waals surface area contributed by atoms with E-state index in [-0.39, 0.29) is 22.7 Å². The number of furan rings is 1. The molecule has 0 radical (unpaired) electrons. The van der Waals surface area contributed by atoms with Crippen LogP contribution in [0.3, 0.4) is 0 Å². The highest BCUT2D eigenvalue weighted by molar-refractivity contribution is 5.85. The van der Waals surface area contributed by atoms with Gasteiger partial charge in [-0.05, 0) is 12.1 Å². The molecule has 0 atom stereocenters. The van der Waals surface area contributed by atoms with Gasteiger partial charge in [0.15, 0.2) is 11.1 Å². The third-order valence-electron chi connectivity index (χ3n) is 2.27. The maximum absolute atomic E-state index is 8.97. The summed E-state index contributed by atoms with van der Waals surface area (Å²) in [6, 6.07) is 12.1. The number of rotatable bonds is 2. The topological polar surface area (TPSA) is 156 Å². The second kappa shape index (κ2) is 6.58. The molecule has 1 heterocycles. The van der Waals surface area contributed by atoms with Crippen LogP contribution in [0.1, 0.15) is 11.5 Å². The Morgan fingerprint density at radius 1 is 0.619 bits per heavy atom. The summed E-state index contributed by atoms with van der Waals surface area (Å²) in [5, 5.41) is 52.9. The van der Waals surface area contributed by atoms with Gasteiger partial charge in [0.2, 0.25) is 0 Å². The molecule has 94 valence electrons. The van der Waals surface area contributed by atoms with Crippen LogP contribution in [0.2, 0.25) is 0 Å². The van der Waals surface area contributed by atoms with Gasteiger partial charge in [0, 0.05) is 0 Å². The lowest BCUT2D eigenvalue weighted by molar-refractivity contribution is 0.542. The molecule has 1 aromatic heterocycles. The normalized spacial score (nSPS) is 7.71. The monoisotopic (exact) mass is 270 g/mol. The highest BCUT2D eigenvalue weighted by Crippen LogP contribution is 2.25. The van der Waals surface area contributed by atoms with Crippen molar-refractivity contribution in [1.29, 1.82) is 31.6 Å². The van der Waals surface area contributed by atoms with Crippen molar-refractivity contribution in [3.05, 3.63) is 34.8 Å². The molecule has 21 heavy (non-hydrogen) atoms. The molecule has 0 saturated carbocycles. The molecule has 0 aliphatic carbocycles. The van der Waals surface area contributed by atoms with Gasteiger partial charge in [-0.1, -0.05) is 0 Å². The molecule has 1 aromatic rings. The minimum absolute atomic E-state index is 0.103. The van der Waals surface area contributed by atoms with Gasteiger partial charge in [-0.3, -0.25) is 0 Å². The van der Waals surface area contributed by atoms with E-state index >= 15 is 0 Å². The van der Waals surface area contributed by atoms with E-state index in [1.165, 1.54) is 12.1 Å². The van der Waals surface area contributed by atoms with Crippen LogP contribution in [0.15, 0.2) is 27.7 Å². The minimum atomic E-state index is -0.443. The average Bonchev–Trinajstić information content (AvgIpc) is 2.98. The lowest BCUT2D eigenvalue weighted by Gasteiger charge is -1.94. The fourth-order valence-corrected chi connectivity index (χ4v) is 1.35. The van der Waals surface area contributed by atoms with Crippen molar-refractivity contribution in [3.63, 3.8) is 0 Å². The Morgan fingerprint density at radius 2 is 0.952 bits per heavy atom. The summed E-state index contributed by atoms with van der Waals surface area (Å²) >= 11 is 0. The van der Waals surface area contributed by atoms with Gasteiger partial charge < -0.3 is 4.42 Å². The summed E-state index contributed by atoms with van der Waals surface area (Å²) in [6.45, 7) is 0. The molecular weight excluding hydrogens is 268 g/mol. The predicted octanol–water partition coefficient (Wildman–Crippen LogP) is 1.93. The van der Waals surface area contributed by atoms with Crippen LogP contribution in [0.25, 0.3) is 11.1 Å². The summed E-state index contributed by atoms with van der Waals surface area (Å²) in [4.78, 5) is 0. The summed E-state index contributed by atoms with van der Waals surface area (Å²) < 4.78 is 5.19. The van der Waals surface area contributed by atoms with E-state index in [1.54, 1.807) is 36.4 Å².